The van der Waals surface area contributed by atoms with E-state index in [0.29, 0.717) is 19.6 Å². The Bertz CT molecular complexity index is 788. The van der Waals surface area contributed by atoms with Crippen molar-refractivity contribution in [1.29, 1.82) is 0 Å². The van der Waals surface area contributed by atoms with E-state index >= 15 is 0 Å². The SMILES string of the molecule is O=C1CC(C(=O)N2CCCC2c2ccc(F)cc2)CN1Cc1ccco1. The maximum absolute atomic E-state index is 13.2. The molecule has 0 saturated carbocycles. The number of benzene rings is 1. The van der Waals surface area contributed by atoms with Crippen molar-refractivity contribution in [2.24, 2.45) is 5.92 Å². The van der Waals surface area contributed by atoms with E-state index in [2.05, 4.69) is 0 Å². The lowest BCUT2D eigenvalue weighted by Crippen LogP contribution is -2.37. The first-order valence-corrected chi connectivity index (χ1v) is 8.98. The van der Waals surface area contributed by atoms with Crippen LogP contribution in [0.25, 0.3) is 0 Å². The van der Waals surface area contributed by atoms with Gasteiger partial charge in [-0.05, 0) is 42.7 Å². The molecule has 2 atom stereocenters. The van der Waals surface area contributed by atoms with Crippen LogP contribution < -0.4 is 0 Å². The van der Waals surface area contributed by atoms with Gasteiger partial charge in [-0.2, -0.15) is 0 Å². The van der Waals surface area contributed by atoms with E-state index in [0.717, 1.165) is 24.2 Å². The van der Waals surface area contributed by atoms with Crippen molar-refractivity contribution in [3.8, 4) is 0 Å². The smallest absolute Gasteiger partial charge is 0.228 e. The summed E-state index contributed by atoms with van der Waals surface area (Å²) in [5.74, 6) is 0.124. The van der Waals surface area contributed by atoms with Crippen LogP contribution in [0.15, 0.2) is 47.1 Å². The number of hydrogen-bond donors (Lipinski definition) is 0. The Kier molecular flexibility index (Phi) is 4.49. The van der Waals surface area contributed by atoms with Crippen molar-refractivity contribution in [2.45, 2.75) is 31.8 Å². The van der Waals surface area contributed by atoms with Gasteiger partial charge in [-0.1, -0.05) is 12.1 Å². The molecule has 6 heteroatoms. The molecular formula is C20H21FN2O3. The summed E-state index contributed by atoms with van der Waals surface area (Å²) in [6, 6.07) is 9.94. The average molecular weight is 356 g/mol. The molecule has 2 unspecified atom stereocenters. The Balaban J connectivity index is 1.45. The van der Waals surface area contributed by atoms with Gasteiger partial charge >= 0.3 is 0 Å². The second kappa shape index (κ2) is 6.94. The molecule has 2 aliphatic rings. The second-order valence-electron chi connectivity index (χ2n) is 7.00. The van der Waals surface area contributed by atoms with Crippen molar-refractivity contribution >= 4 is 11.8 Å². The van der Waals surface area contributed by atoms with E-state index in [1.54, 1.807) is 29.4 Å². The molecule has 5 nitrogen and oxygen atoms in total. The number of likely N-dealkylation sites (tertiary alicyclic amines) is 2. The maximum Gasteiger partial charge on any atom is 0.228 e. The topological polar surface area (TPSA) is 53.8 Å². The Labute approximate surface area is 151 Å². The fraction of sp³-hybridized carbons (Fsp3) is 0.400. The van der Waals surface area contributed by atoms with E-state index in [-0.39, 0.29) is 36.0 Å². The first-order chi connectivity index (χ1) is 12.6. The Morgan fingerprint density at radius 1 is 1.23 bits per heavy atom. The molecule has 1 aromatic carbocycles. The van der Waals surface area contributed by atoms with Crippen LogP contribution in [0.2, 0.25) is 0 Å². The number of hydrogen-bond acceptors (Lipinski definition) is 3. The first-order valence-electron chi connectivity index (χ1n) is 8.98. The minimum absolute atomic E-state index is 0.0164. The molecule has 3 heterocycles. The monoisotopic (exact) mass is 356 g/mol. The van der Waals surface area contributed by atoms with Gasteiger partial charge in [0.1, 0.15) is 11.6 Å². The Morgan fingerprint density at radius 2 is 2.04 bits per heavy atom. The largest absolute Gasteiger partial charge is 0.467 e. The van der Waals surface area contributed by atoms with Gasteiger partial charge < -0.3 is 14.2 Å². The summed E-state index contributed by atoms with van der Waals surface area (Å²) in [4.78, 5) is 28.9. The number of rotatable bonds is 4. The van der Waals surface area contributed by atoms with Gasteiger partial charge in [-0.3, -0.25) is 9.59 Å². The molecule has 2 aromatic rings. The summed E-state index contributed by atoms with van der Waals surface area (Å²) in [5.41, 5.74) is 0.953. The third-order valence-electron chi connectivity index (χ3n) is 5.28. The van der Waals surface area contributed by atoms with Gasteiger partial charge in [-0.25, -0.2) is 4.39 Å². The molecule has 2 amide bonds. The minimum atomic E-state index is -0.321. The van der Waals surface area contributed by atoms with Crippen molar-refractivity contribution in [2.75, 3.05) is 13.1 Å². The van der Waals surface area contributed by atoms with E-state index in [4.69, 9.17) is 4.42 Å². The van der Waals surface area contributed by atoms with Crippen molar-refractivity contribution in [3.63, 3.8) is 0 Å². The van der Waals surface area contributed by atoms with Crippen molar-refractivity contribution < 1.29 is 18.4 Å². The molecule has 0 bridgehead atoms. The quantitative estimate of drug-likeness (QED) is 0.846. The van der Waals surface area contributed by atoms with Crippen molar-refractivity contribution in [3.05, 3.63) is 59.8 Å². The lowest BCUT2D eigenvalue weighted by Gasteiger charge is -2.27. The molecule has 2 fully saturated rings. The number of nitrogens with zero attached hydrogens (tertiary/aromatic N) is 2. The number of carbonyl (C=O) groups is 2. The molecule has 2 saturated heterocycles. The normalized spacial score (nSPS) is 23.0. The summed E-state index contributed by atoms with van der Waals surface area (Å²) < 4.78 is 18.5. The number of halogens is 1. The summed E-state index contributed by atoms with van der Waals surface area (Å²) >= 11 is 0. The molecule has 1 aromatic heterocycles. The molecule has 0 spiro atoms. The van der Waals surface area contributed by atoms with Crippen LogP contribution in [0.5, 0.6) is 0 Å². The van der Waals surface area contributed by atoms with E-state index < -0.39 is 0 Å². The zero-order chi connectivity index (χ0) is 18.1. The standard InChI is InChI=1S/C20H21FN2O3/c21-16-7-5-14(6-8-16)18-4-1-9-23(18)20(25)15-11-19(24)22(12-15)13-17-3-2-10-26-17/h2-3,5-8,10,15,18H,1,4,9,11-13H2. The molecule has 136 valence electrons. The summed E-state index contributed by atoms with van der Waals surface area (Å²) in [5, 5.41) is 0. The van der Waals surface area contributed by atoms with Crippen LogP contribution >= 0.6 is 0 Å². The Morgan fingerprint density at radius 3 is 2.77 bits per heavy atom. The molecule has 26 heavy (non-hydrogen) atoms. The van der Waals surface area contributed by atoms with Crippen LogP contribution in [0, 0.1) is 11.7 Å². The maximum atomic E-state index is 13.2. The molecule has 0 radical (unpaired) electrons. The number of amides is 2. The highest BCUT2D eigenvalue weighted by atomic mass is 19.1. The predicted octanol–water partition coefficient (Wildman–Crippen LogP) is 3.13. The minimum Gasteiger partial charge on any atom is -0.467 e. The lowest BCUT2D eigenvalue weighted by atomic mass is 10.0. The highest BCUT2D eigenvalue weighted by Gasteiger charge is 2.40. The third-order valence-corrected chi connectivity index (χ3v) is 5.28. The average Bonchev–Trinajstić information content (AvgIpc) is 3.37. The second-order valence-corrected chi connectivity index (χ2v) is 7.00. The highest BCUT2D eigenvalue weighted by Crippen LogP contribution is 2.35. The van der Waals surface area contributed by atoms with E-state index in [9.17, 15) is 14.0 Å². The fourth-order valence-electron chi connectivity index (χ4n) is 3.98. The summed E-state index contributed by atoms with van der Waals surface area (Å²) in [6.07, 6.45) is 3.61. The van der Waals surface area contributed by atoms with Gasteiger partial charge in [0.15, 0.2) is 0 Å². The summed E-state index contributed by atoms with van der Waals surface area (Å²) in [7, 11) is 0. The number of furan rings is 1. The lowest BCUT2D eigenvalue weighted by molar-refractivity contribution is -0.136. The van der Waals surface area contributed by atoms with Gasteiger partial charge in [0.05, 0.1) is 24.8 Å². The highest BCUT2D eigenvalue weighted by molar-refractivity contribution is 5.89. The van der Waals surface area contributed by atoms with Gasteiger partial charge in [0.2, 0.25) is 11.8 Å². The van der Waals surface area contributed by atoms with Gasteiger partial charge in [0, 0.05) is 19.5 Å². The van der Waals surface area contributed by atoms with Crippen LogP contribution in [0.3, 0.4) is 0 Å². The van der Waals surface area contributed by atoms with E-state index in [1.807, 2.05) is 11.0 Å². The molecule has 0 aliphatic carbocycles. The first kappa shape index (κ1) is 16.8. The molecular weight excluding hydrogens is 335 g/mol. The molecule has 4 rings (SSSR count). The zero-order valence-corrected chi connectivity index (χ0v) is 14.4. The van der Waals surface area contributed by atoms with Crippen LogP contribution in [-0.2, 0) is 16.1 Å². The van der Waals surface area contributed by atoms with Crippen LogP contribution in [0.1, 0.15) is 36.6 Å². The Hall–Kier alpha value is -2.63. The van der Waals surface area contributed by atoms with Crippen LogP contribution in [0.4, 0.5) is 4.39 Å². The van der Waals surface area contributed by atoms with Crippen LogP contribution in [-0.4, -0.2) is 34.7 Å². The van der Waals surface area contributed by atoms with E-state index in [1.165, 1.54) is 12.1 Å². The van der Waals surface area contributed by atoms with Gasteiger partial charge in [-0.15, -0.1) is 0 Å². The van der Waals surface area contributed by atoms with Crippen molar-refractivity contribution in [1.82, 2.24) is 9.80 Å². The zero-order valence-electron chi connectivity index (χ0n) is 14.4. The summed E-state index contributed by atoms with van der Waals surface area (Å²) in [6.45, 7) is 1.51. The number of carbonyl (C=O) groups excluding carboxylic acids is 2. The fourth-order valence-corrected chi connectivity index (χ4v) is 3.98. The molecule has 2 aliphatic heterocycles. The predicted molar refractivity (Wildman–Crippen MR) is 92.3 cm³/mol. The molecule has 0 N–H and O–H groups in total. The van der Waals surface area contributed by atoms with Gasteiger partial charge in [0.25, 0.3) is 0 Å². The third kappa shape index (κ3) is 3.23.